The summed E-state index contributed by atoms with van der Waals surface area (Å²) in [6.45, 7) is 8.88. The summed E-state index contributed by atoms with van der Waals surface area (Å²) in [5, 5.41) is 18.7. The van der Waals surface area contributed by atoms with Gasteiger partial charge in [-0.15, -0.1) is 0 Å². The van der Waals surface area contributed by atoms with Gasteiger partial charge >= 0.3 is 12.3 Å². The van der Waals surface area contributed by atoms with Crippen molar-refractivity contribution in [1.29, 1.82) is 10.5 Å². The highest BCUT2D eigenvalue weighted by molar-refractivity contribution is 8.24. The van der Waals surface area contributed by atoms with E-state index < -0.39 is 12.3 Å². The molecule has 1 aromatic rings. The molecule has 1 aliphatic heterocycles. The van der Waals surface area contributed by atoms with E-state index in [1.165, 1.54) is 12.1 Å². The van der Waals surface area contributed by atoms with E-state index in [2.05, 4.69) is 27.7 Å². The summed E-state index contributed by atoms with van der Waals surface area (Å²) in [4.78, 5) is 25.9. The molecule has 0 aromatic heterocycles. The third kappa shape index (κ3) is 9.49. The normalized spacial score (nSPS) is 13.5. The molecule has 2 rings (SSSR count). The van der Waals surface area contributed by atoms with Crippen molar-refractivity contribution in [2.24, 2.45) is 11.8 Å². The number of ether oxygens (including phenoxy) is 4. The van der Waals surface area contributed by atoms with Crippen molar-refractivity contribution in [3.05, 3.63) is 21.9 Å². The molecule has 206 valence electrons. The molecular weight excluding hydrogens is 524 g/mol. The van der Waals surface area contributed by atoms with Gasteiger partial charge < -0.3 is 18.9 Å². The zero-order valence-electron chi connectivity index (χ0n) is 22.5. The first-order valence-electron chi connectivity index (χ1n) is 13.2. The fourth-order valence-corrected chi connectivity index (χ4v) is 6.19. The van der Waals surface area contributed by atoms with Crippen LogP contribution < -0.4 is 9.47 Å². The van der Waals surface area contributed by atoms with Crippen molar-refractivity contribution in [3.63, 3.8) is 0 Å². The number of hydrogen-bond donors (Lipinski definition) is 0. The highest BCUT2D eigenvalue weighted by atomic mass is 32.2. The van der Waals surface area contributed by atoms with Gasteiger partial charge in [0.15, 0.2) is 0 Å². The number of benzene rings is 1. The van der Waals surface area contributed by atoms with Gasteiger partial charge in [-0.05, 0) is 36.8 Å². The Kier molecular flexibility index (Phi) is 14.0. The lowest BCUT2D eigenvalue weighted by molar-refractivity contribution is 0.0777. The molecule has 0 bridgehead atoms. The first-order chi connectivity index (χ1) is 18.4. The lowest BCUT2D eigenvalue weighted by Gasteiger charge is -2.16. The lowest BCUT2D eigenvalue weighted by atomic mass is 10.0. The first-order valence-corrected chi connectivity index (χ1v) is 14.8. The van der Waals surface area contributed by atoms with Crippen molar-refractivity contribution in [2.75, 3.05) is 13.2 Å². The van der Waals surface area contributed by atoms with Crippen molar-refractivity contribution >= 4 is 35.8 Å². The number of nitrogens with zero attached hydrogens (tertiary/aromatic N) is 2. The summed E-state index contributed by atoms with van der Waals surface area (Å²) in [5.74, 6) is 0.913. The highest BCUT2D eigenvalue weighted by Gasteiger charge is 2.31. The van der Waals surface area contributed by atoms with Gasteiger partial charge in [-0.3, -0.25) is 0 Å². The number of carbonyl (C=O) groups excluding carboxylic acids is 2. The van der Waals surface area contributed by atoms with Crippen LogP contribution in [0.15, 0.2) is 31.7 Å². The van der Waals surface area contributed by atoms with E-state index in [0.717, 1.165) is 74.9 Å². The zero-order valence-corrected chi connectivity index (χ0v) is 24.2. The van der Waals surface area contributed by atoms with Crippen molar-refractivity contribution in [3.8, 4) is 23.6 Å². The average Bonchev–Trinajstić information content (AvgIpc) is 3.37. The largest absolute Gasteiger partial charge is 0.513 e. The molecule has 2 unspecified atom stereocenters. The number of unbranched alkanes of at least 4 members (excludes halogenated alkanes) is 2. The molecule has 0 spiro atoms. The number of thioether (sulfide) groups is 2. The third-order valence-corrected chi connectivity index (χ3v) is 8.83. The average molecular weight is 561 g/mol. The second-order valence-corrected chi connectivity index (χ2v) is 11.3. The molecule has 0 radical (unpaired) electrons. The quantitative estimate of drug-likeness (QED) is 0.124. The van der Waals surface area contributed by atoms with Crippen molar-refractivity contribution in [1.82, 2.24) is 0 Å². The molecule has 8 nitrogen and oxygen atoms in total. The van der Waals surface area contributed by atoms with Crippen LogP contribution in [-0.2, 0) is 9.47 Å². The predicted molar refractivity (Wildman–Crippen MR) is 147 cm³/mol. The summed E-state index contributed by atoms with van der Waals surface area (Å²) in [5.41, 5.74) is -0.0818. The van der Waals surface area contributed by atoms with Crippen molar-refractivity contribution in [2.45, 2.75) is 88.9 Å². The second-order valence-electron chi connectivity index (χ2n) is 8.97. The molecule has 0 fully saturated rings. The number of carbonyl (C=O) groups is 2. The monoisotopic (exact) mass is 560 g/mol. The van der Waals surface area contributed by atoms with Crippen LogP contribution in [0.1, 0.15) is 79.1 Å². The Labute approximate surface area is 234 Å². The number of nitriles is 2. The van der Waals surface area contributed by atoms with Gasteiger partial charge in [-0.1, -0.05) is 89.7 Å². The molecule has 0 amide bonds. The van der Waals surface area contributed by atoms with Crippen LogP contribution in [0.25, 0.3) is 0 Å². The van der Waals surface area contributed by atoms with E-state index in [9.17, 15) is 20.1 Å². The second kappa shape index (κ2) is 16.9. The van der Waals surface area contributed by atoms with Crippen molar-refractivity contribution < 1.29 is 28.5 Å². The van der Waals surface area contributed by atoms with E-state index in [1.54, 1.807) is 0 Å². The topological polar surface area (TPSA) is 119 Å². The molecule has 10 heteroatoms. The van der Waals surface area contributed by atoms with Gasteiger partial charge in [0.1, 0.15) is 29.2 Å². The van der Waals surface area contributed by atoms with E-state index in [0.29, 0.717) is 14.0 Å². The van der Waals surface area contributed by atoms with E-state index >= 15 is 0 Å². The SMILES string of the molecule is CCCCC(CC)COC(=O)Oc1ccc(OC(=O)OCC(CC)CCCC)c2c1SC(=C(C#N)C#N)S2. The maximum Gasteiger partial charge on any atom is 0.513 e. The Morgan fingerprint density at radius 3 is 1.55 bits per heavy atom. The maximum absolute atomic E-state index is 12.5. The van der Waals surface area contributed by atoms with E-state index in [-0.39, 0.29) is 42.1 Å². The Morgan fingerprint density at radius 2 is 1.21 bits per heavy atom. The van der Waals surface area contributed by atoms with E-state index in [1.807, 2.05) is 12.1 Å². The van der Waals surface area contributed by atoms with Crippen LogP contribution in [0.2, 0.25) is 0 Å². The standard InChI is InChI=1S/C28H36N2O6S2/c1-5-9-11-19(7-3)17-33-27(31)35-22-13-14-23(25-24(22)37-26(38-25)21(15-29)16-30)36-28(32)34-18-20(8-4)12-10-6-2/h13-14,19-20H,5-12,17-18H2,1-4H3. The smallest absolute Gasteiger partial charge is 0.434 e. The van der Waals surface area contributed by atoms with E-state index in [4.69, 9.17) is 18.9 Å². The molecular formula is C28H36N2O6S2. The minimum absolute atomic E-state index is 0.0818. The van der Waals surface area contributed by atoms with Crippen LogP contribution in [0.3, 0.4) is 0 Å². The fourth-order valence-electron chi connectivity index (χ4n) is 3.71. The molecule has 1 heterocycles. The van der Waals surface area contributed by atoms with Gasteiger partial charge in [0.2, 0.25) is 0 Å². The highest BCUT2D eigenvalue weighted by Crippen LogP contribution is 2.58. The number of allylic oxidation sites excluding steroid dienone is 1. The Morgan fingerprint density at radius 1 is 0.789 bits per heavy atom. The van der Waals surface area contributed by atoms with Crippen LogP contribution >= 0.6 is 23.5 Å². The molecule has 0 saturated carbocycles. The number of rotatable bonds is 14. The van der Waals surface area contributed by atoms with Gasteiger partial charge in [0.25, 0.3) is 0 Å². The summed E-state index contributed by atoms with van der Waals surface area (Å²) in [7, 11) is 0. The van der Waals surface area contributed by atoms with Crippen LogP contribution in [0, 0.1) is 34.5 Å². The zero-order chi connectivity index (χ0) is 27.9. The van der Waals surface area contributed by atoms with Crippen LogP contribution in [-0.4, -0.2) is 25.5 Å². The summed E-state index contributed by atoms with van der Waals surface area (Å²) < 4.78 is 22.1. The van der Waals surface area contributed by atoms with Gasteiger partial charge in [0, 0.05) is 0 Å². The van der Waals surface area contributed by atoms with Crippen LogP contribution in [0.4, 0.5) is 9.59 Å². The summed E-state index contributed by atoms with van der Waals surface area (Å²) in [6.07, 6.45) is 6.35. The Balaban J connectivity index is 2.17. The fraction of sp³-hybridized carbons (Fsp3) is 0.571. The molecule has 1 aliphatic rings. The molecule has 0 aliphatic carbocycles. The Bertz CT molecular complexity index is 995. The van der Waals surface area contributed by atoms with Gasteiger partial charge in [-0.2, -0.15) is 10.5 Å². The number of hydrogen-bond acceptors (Lipinski definition) is 10. The third-order valence-electron chi connectivity index (χ3n) is 6.20. The van der Waals surface area contributed by atoms with Gasteiger partial charge in [-0.25, -0.2) is 9.59 Å². The van der Waals surface area contributed by atoms with Crippen LogP contribution in [0.5, 0.6) is 11.5 Å². The maximum atomic E-state index is 12.5. The molecule has 0 saturated heterocycles. The predicted octanol–water partition coefficient (Wildman–Crippen LogP) is 8.61. The molecule has 1 aromatic carbocycles. The lowest BCUT2D eigenvalue weighted by Crippen LogP contribution is -2.18. The summed E-state index contributed by atoms with van der Waals surface area (Å²) in [6, 6.07) is 6.75. The number of fused-ring (bicyclic) bond motifs is 1. The minimum Gasteiger partial charge on any atom is -0.434 e. The van der Waals surface area contributed by atoms with Gasteiger partial charge in [0.05, 0.1) is 27.2 Å². The molecule has 2 atom stereocenters. The first kappa shape index (κ1) is 31.4. The Hall–Kier alpha value is -2.82. The minimum atomic E-state index is -0.836. The summed E-state index contributed by atoms with van der Waals surface area (Å²) >= 11 is 2.21. The molecule has 0 N–H and O–H groups in total. The molecule has 38 heavy (non-hydrogen) atoms.